The number of carboxylic acids is 1. The quantitative estimate of drug-likeness (QED) is 0.883. The van der Waals surface area contributed by atoms with E-state index in [0.717, 1.165) is 17.0 Å². The highest BCUT2D eigenvalue weighted by molar-refractivity contribution is 7.89. The van der Waals surface area contributed by atoms with Gasteiger partial charge in [0.15, 0.2) is 0 Å². The predicted molar refractivity (Wildman–Crippen MR) is 80.9 cm³/mol. The summed E-state index contributed by atoms with van der Waals surface area (Å²) in [7, 11) is -3.57. The van der Waals surface area contributed by atoms with Crippen molar-refractivity contribution < 1.29 is 18.3 Å². The summed E-state index contributed by atoms with van der Waals surface area (Å²) >= 11 is 1.43. The second-order valence-electron chi connectivity index (χ2n) is 5.44. The van der Waals surface area contributed by atoms with E-state index in [-0.39, 0.29) is 11.7 Å². The maximum Gasteiger partial charge on any atom is 0.322 e. The van der Waals surface area contributed by atoms with E-state index in [1.165, 1.54) is 15.6 Å². The number of hydrogen-bond acceptors (Lipinski definition) is 5. The molecule has 1 aliphatic rings. The van der Waals surface area contributed by atoms with E-state index in [1.54, 1.807) is 12.4 Å². The Morgan fingerprint density at radius 3 is 2.86 bits per heavy atom. The lowest BCUT2D eigenvalue weighted by Gasteiger charge is -2.36. The molecule has 0 saturated carbocycles. The standard InChI is InChI=1S/C13H20N2O4S2/c1-9-4-3-6-15(12(9)13(16)17)21(18,19)7-5-11-10(2)14-8-20-11/h8-9,12H,3-7H2,1-2H3,(H,16,17)/t9-,12-/m1/s1. The van der Waals surface area contributed by atoms with Crippen LogP contribution in [0.4, 0.5) is 0 Å². The Labute approximate surface area is 128 Å². The summed E-state index contributed by atoms with van der Waals surface area (Å²) in [6, 6.07) is -0.939. The van der Waals surface area contributed by atoms with Crippen LogP contribution in [0.25, 0.3) is 0 Å². The Morgan fingerprint density at radius 1 is 1.57 bits per heavy atom. The summed E-state index contributed by atoms with van der Waals surface area (Å²) in [6.07, 6.45) is 1.84. The molecule has 21 heavy (non-hydrogen) atoms. The first-order valence-corrected chi connectivity index (χ1v) is 9.43. The van der Waals surface area contributed by atoms with E-state index in [0.29, 0.717) is 19.4 Å². The largest absolute Gasteiger partial charge is 0.480 e. The SMILES string of the molecule is Cc1ncsc1CCS(=O)(=O)N1CCC[C@@H](C)[C@@H]1C(=O)O. The second kappa shape index (κ2) is 6.41. The van der Waals surface area contributed by atoms with E-state index in [2.05, 4.69) is 4.98 Å². The van der Waals surface area contributed by atoms with Gasteiger partial charge in [-0.2, -0.15) is 4.31 Å². The third-order valence-corrected chi connectivity index (χ3v) is 6.77. The van der Waals surface area contributed by atoms with Crippen molar-refractivity contribution in [1.29, 1.82) is 0 Å². The van der Waals surface area contributed by atoms with Gasteiger partial charge in [-0.15, -0.1) is 11.3 Å². The minimum atomic E-state index is -3.57. The first-order chi connectivity index (χ1) is 9.83. The molecule has 0 unspecified atom stereocenters. The average Bonchev–Trinajstić information content (AvgIpc) is 2.81. The number of hydrogen-bond donors (Lipinski definition) is 1. The van der Waals surface area contributed by atoms with Crippen LogP contribution in [0.15, 0.2) is 5.51 Å². The van der Waals surface area contributed by atoms with Crippen LogP contribution in [-0.4, -0.2) is 47.1 Å². The van der Waals surface area contributed by atoms with E-state index < -0.39 is 22.0 Å². The van der Waals surface area contributed by atoms with Gasteiger partial charge >= 0.3 is 5.97 Å². The minimum Gasteiger partial charge on any atom is -0.480 e. The van der Waals surface area contributed by atoms with Gasteiger partial charge < -0.3 is 5.11 Å². The van der Waals surface area contributed by atoms with Gasteiger partial charge in [0.1, 0.15) is 6.04 Å². The smallest absolute Gasteiger partial charge is 0.322 e. The molecule has 0 aliphatic carbocycles. The molecule has 2 heterocycles. The van der Waals surface area contributed by atoms with Gasteiger partial charge in [0.25, 0.3) is 0 Å². The Bertz CT molecular complexity index is 611. The first kappa shape index (κ1) is 16.4. The van der Waals surface area contributed by atoms with Crippen molar-refractivity contribution in [3.05, 3.63) is 16.1 Å². The zero-order valence-corrected chi connectivity index (χ0v) is 13.8. The van der Waals surface area contributed by atoms with Crippen molar-refractivity contribution in [3.8, 4) is 0 Å². The van der Waals surface area contributed by atoms with Crippen LogP contribution in [0.2, 0.25) is 0 Å². The maximum atomic E-state index is 12.5. The summed E-state index contributed by atoms with van der Waals surface area (Å²) in [6.45, 7) is 3.95. The lowest BCUT2D eigenvalue weighted by Crippen LogP contribution is -2.52. The van der Waals surface area contributed by atoms with Crippen LogP contribution in [0.5, 0.6) is 0 Å². The number of rotatable bonds is 5. The zero-order chi connectivity index (χ0) is 15.6. The Morgan fingerprint density at radius 2 is 2.29 bits per heavy atom. The number of aryl methyl sites for hydroxylation is 2. The molecule has 1 aromatic rings. The molecule has 6 nitrogen and oxygen atoms in total. The number of carbonyl (C=O) groups is 1. The Kier molecular flexibility index (Phi) is 5.00. The van der Waals surface area contributed by atoms with Gasteiger partial charge in [0, 0.05) is 11.4 Å². The van der Waals surface area contributed by atoms with Crippen LogP contribution < -0.4 is 0 Å². The van der Waals surface area contributed by atoms with Crippen molar-refractivity contribution in [2.45, 2.75) is 39.2 Å². The molecule has 0 aromatic carbocycles. The fourth-order valence-electron chi connectivity index (χ4n) is 2.73. The van der Waals surface area contributed by atoms with E-state index in [9.17, 15) is 18.3 Å². The minimum absolute atomic E-state index is 0.0630. The third-order valence-electron chi connectivity index (χ3n) is 3.93. The van der Waals surface area contributed by atoms with Crippen molar-refractivity contribution in [3.63, 3.8) is 0 Å². The monoisotopic (exact) mass is 332 g/mol. The third kappa shape index (κ3) is 3.61. The van der Waals surface area contributed by atoms with Crippen molar-refractivity contribution in [2.75, 3.05) is 12.3 Å². The Hall–Kier alpha value is -0.990. The molecule has 1 fully saturated rings. The van der Waals surface area contributed by atoms with Crippen LogP contribution in [0.3, 0.4) is 0 Å². The maximum absolute atomic E-state index is 12.5. The van der Waals surface area contributed by atoms with Crippen molar-refractivity contribution in [1.82, 2.24) is 9.29 Å². The van der Waals surface area contributed by atoms with Crippen molar-refractivity contribution in [2.24, 2.45) is 5.92 Å². The Balaban J connectivity index is 2.13. The van der Waals surface area contributed by atoms with Gasteiger partial charge in [0.2, 0.25) is 10.0 Å². The molecule has 2 atom stereocenters. The molecule has 1 N–H and O–H groups in total. The van der Waals surface area contributed by atoms with Crippen molar-refractivity contribution >= 4 is 27.3 Å². The summed E-state index contributed by atoms with van der Waals surface area (Å²) in [5.74, 6) is -1.28. The molecule has 8 heteroatoms. The molecule has 2 rings (SSSR count). The molecular weight excluding hydrogens is 312 g/mol. The predicted octanol–water partition coefficient (Wildman–Crippen LogP) is 1.51. The molecule has 1 aliphatic heterocycles. The van der Waals surface area contributed by atoms with Gasteiger partial charge in [-0.25, -0.2) is 13.4 Å². The lowest BCUT2D eigenvalue weighted by atomic mass is 9.93. The van der Waals surface area contributed by atoms with E-state index in [1.807, 2.05) is 6.92 Å². The van der Waals surface area contributed by atoms with Gasteiger partial charge in [-0.05, 0) is 32.1 Å². The van der Waals surface area contributed by atoms with Crippen LogP contribution in [0, 0.1) is 12.8 Å². The number of thiazole rings is 1. The normalized spacial score (nSPS) is 24.1. The average molecular weight is 332 g/mol. The van der Waals surface area contributed by atoms with Gasteiger partial charge in [-0.3, -0.25) is 4.79 Å². The van der Waals surface area contributed by atoms with Gasteiger partial charge in [-0.1, -0.05) is 6.92 Å². The zero-order valence-electron chi connectivity index (χ0n) is 12.2. The summed E-state index contributed by atoms with van der Waals surface area (Å²) in [4.78, 5) is 16.4. The highest BCUT2D eigenvalue weighted by atomic mass is 32.2. The number of nitrogens with zero attached hydrogens (tertiary/aromatic N) is 2. The van der Waals surface area contributed by atoms with Crippen LogP contribution >= 0.6 is 11.3 Å². The fourth-order valence-corrected chi connectivity index (χ4v) is 5.39. The molecule has 0 amide bonds. The molecule has 0 radical (unpaired) electrons. The molecular formula is C13H20N2O4S2. The summed E-state index contributed by atoms with van der Waals surface area (Å²) in [5.41, 5.74) is 2.54. The molecule has 0 spiro atoms. The molecule has 0 bridgehead atoms. The number of aromatic nitrogens is 1. The topological polar surface area (TPSA) is 87.6 Å². The summed E-state index contributed by atoms with van der Waals surface area (Å²) in [5, 5.41) is 9.32. The first-order valence-electron chi connectivity index (χ1n) is 6.94. The fraction of sp³-hybridized carbons (Fsp3) is 0.692. The molecule has 1 aromatic heterocycles. The number of piperidine rings is 1. The summed E-state index contributed by atoms with van der Waals surface area (Å²) < 4.78 is 26.2. The molecule has 1 saturated heterocycles. The number of sulfonamides is 1. The van der Waals surface area contributed by atoms with Crippen LogP contribution in [0.1, 0.15) is 30.3 Å². The van der Waals surface area contributed by atoms with E-state index in [4.69, 9.17) is 0 Å². The van der Waals surface area contributed by atoms with Gasteiger partial charge in [0.05, 0.1) is 17.0 Å². The lowest BCUT2D eigenvalue weighted by molar-refractivity contribution is -0.144. The second-order valence-corrected chi connectivity index (χ2v) is 8.42. The van der Waals surface area contributed by atoms with Crippen LogP contribution in [-0.2, 0) is 21.2 Å². The highest BCUT2D eigenvalue weighted by Crippen LogP contribution is 2.27. The highest BCUT2D eigenvalue weighted by Gasteiger charge is 2.40. The number of aliphatic carboxylic acids is 1. The number of carboxylic acid groups (broad SMARTS) is 1. The molecule has 118 valence electrons. The van der Waals surface area contributed by atoms with E-state index >= 15 is 0 Å².